The SMILES string of the molecule is Cc1ccc(OCCNC(=O)c2ccc(CN3CCC(C)CC3)cc2)cc1C. The Hall–Kier alpha value is -2.33. The van der Waals surface area contributed by atoms with Crippen molar-refractivity contribution in [2.24, 2.45) is 5.92 Å². The van der Waals surface area contributed by atoms with E-state index in [1.54, 1.807) is 0 Å². The van der Waals surface area contributed by atoms with Crippen molar-refractivity contribution in [2.75, 3.05) is 26.2 Å². The minimum Gasteiger partial charge on any atom is -0.492 e. The van der Waals surface area contributed by atoms with E-state index in [-0.39, 0.29) is 5.91 Å². The van der Waals surface area contributed by atoms with Crippen LogP contribution in [0.5, 0.6) is 5.75 Å². The minimum absolute atomic E-state index is 0.0537. The van der Waals surface area contributed by atoms with Crippen molar-refractivity contribution in [2.45, 2.75) is 40.2 Å². The predicted octanol–water partition coefficient (Wildman–Crippen LogP) is 4.34. The molecule has 150 valence electrons. The Morgan fingerprint density at radius 2 is 1.79 bits per heavy atom. The summed E-state index contributed by atoms with van der Waals surface area (Å²) in [6.07, 6.45) is 2.56. The Balaban J connectivity index is 1.41. The minimum atomic E-state index is -0.0537. The molecular formula is C24H32N2O2. The summed E-state index contributed by atoms with van der Waals surface area (Å²) in [5, 5.41) is 2.93. The van der Waals surface area contributed by atoms with Gasteiger partial charge in [0.15, 0.2) is 0 Å². The van der Waals surface area contributed by atoms with Crippen molar-refractivity contribution < 1.29 is 9.53 Å². The molecule has 1 amide bonds. The smallest absolute Gasteiger partial charge is 0.251 e. The highest BCUT2D eigenvalue weighted by atomic mass is 16.5. The zero-order valence-corrected chi connectivity index (χ0v) is 17.3. The number of benzene rings is 2. The first-order valence-corrected chi connectivity index (χ1v) is 10.3. The van der Waals surface area contributed by atoms with Gasteiger partial charge in [0, 0.05) is 12.1 Å². The number of aryl methyl sites for hydroxylation is 2. The fourth-order valence-corrected chi connectivity index (χ4v) is 3.48. The number of rotatable bonds is 7. The van der Waals surface area contributed by atoms with Gasteiger partial charge in [0.25, 0.3) is 5.91 Å². The van der Waals surface area contributed by atoms with Gasteiger partial charge >= 0.3 is 0 Å². The van der Waals surface area contributed by atoms with Gasteiger partial charge < -0.3 is 10.1 Å². The second kappa shape index (κ2) is 9.74. The molecule has 0 aromatic heterocycles. The van der Waals surface area contributed by atoms with Gasteiger partial charge in [0.1, 0.15) is 12.4 Å². The van der Waals surface area contributed by atoms with Crippen LogP contribution < -0.4 is 10.1 Å². The van der Waals surface area contributed by atoms with E-state index in [9.17, 15) is 4.79 Å². The van der Waals surface area contributed by atoms with Gasteiger partial charge in [-0.1, -0.05) is 25.1 Å². The Morgan fingerprint density at radius 1 is 1.07 bits per heavy atom. The summed E-state index contributed by atoms with van der Waals surface area (Å²) < 4.78 is 5.72. The molecule has 0 radical (unpaired) electrons. The van der Waals surface area contributed by atoms with Crippen LogP contribution in [0.25, 0.3) is 0 Å². The van der Waals surface area contributed by atoms with E-state index in [1.807, 2.05) is 24.3 Å². The zero-order chi connectivity index (χ0) is 19.9. The average molecular weight is 381 g/mol. The molecule has 1 aliphatic heterocycles. The van der Waals surface area contributed by atoms with Gasteiger partial charge in [-0.3, -0.25) is 9.69 Å². The third-order valence-corrected chi connectivity index (χ3v) is 5.63. The second-order valence-electron chi connectivity index (χ2n) is 8.01. The van der Waals surface area contributed by atoms with Crippen molar-refractivity contribution in [3.05, 3.63) is 64.7 Å². The molecule has 1 fully saturated rings. The number of nitrogens with zero attached hydrogens (tertiary/aromatic N) is 1. The van der Waals surface area contributed by atoms with E-state index in [1.165, 1.54) is 42.6 Å². The lowest BCUT2D eigenvalue weighted by Gasteiger charge is -2.30. The van der Waals surface area contributed by atoms with Gasteiger partial charge in [-0.25, -0.2) is 0 Å². The van der Waals surface area contributed by atoms with Gasteiger partial charge in [-0.05, 0) is 86.7 Å². The van der Waals surface area contributed by atoms with Crippen molar-refractivity contribution in [1.29, 1.82) is 0 Å². The largest absolute Gasteiger partial charge is 0.492 e. The summed E-state index contributed by atoms with van der Waals surface area (Å²) in [6, 6.07) is 14.0. The highest BCUT2D eigenvalue weighted by Gasteiger charge is 2.15. The molecule has 4 heteroatoms. The van der Waals surface area contributed by atoms with Crippen LogP contribution in [0.2, 0.25) is 0 Å². The molecule has 1 N–H and O–H groups in total. The summed E-state index contributed by atoms with van der Waals surface area (Å²) >= 11 is 0. The quantitative estimate of drug-likeness (QED) is 0.727. The molecule has 0 bridgehead atoms. The Kier molecular flexibility index (Phi) is 7.10. The van der Waals surface area contributed by atoms with Gasteiger partial charge in [-0.15, -0.1) is 0 Å². The van der Waals surface area contributed by atoms with Gasteiger partial charge in [0.2, 0.25) is 0 Å². The molecule has 0 spiro atoms. The van der Waals surface area contributed by atoms with Crippen LogP contribution in [-0.2, 0) is 6.54 Å². The van der Waals surface area contributed by atoms with Crippen LogP contribution >= 0.6 is 0 Å². The predicted molar refractivity (Wildman–Crippen MR) is 114 cm³/mol. The van der Waals surface area contributed by atoms with Crippen LogP contribution in [-0.4, -0.2) is 37.0 Å². The maximum Gasteiger partial charge on any atom is 0.251 e. The van der Waals surface area contributed by atoms with E-state index in [2.05, 4.69) is 49.2 Å². The maximum atomic E-state index is 12.3. The average Bonchev–Trinajstić information content (AvgIpc) is 2.70. The van der Waals surface area contributed by atoms with E-state index in [4.69, 9.17) is 4.74 Å². The molecule has 28 heavy (non-hydrogen) atoms. The number of amides is 1. The second-order valence-corrected chi connectivity index (χ2v) is 8.01. The molecular weight excluding hydrogens is 348 g/mol. The monoisotopic (exact) mass is 380 g/mol. The number of carbonyl (C=O) groups is 1. The summed E-state index contributed by atoms with van der Waals surface area (Å²) in [5.41, 5.74) is 4.42. The Bertz CT molecular complexity index is 778. The summed E-state index contributed by atoms with van der Waals surface area (Å²) in [6.45, 7) is 10.7. The third kappa shape index (κ3) is 5.83. The molecule has 1 saturated heterocycles. The normalized spacial score (nSPS) is 15.4. The number of likely N-dealkylation sites (tertiary alicyclic amines) is 1. The lowest BCUT2D eigenvalue weighted by molar-refractivity contribution is 0.0947. The number of hydrogen-bond donors (Lipinski definition) is 1. The lowest BCUT2D eigenvalue weighted by Crippen LogP contribution is -2.32. The van der Waals surface area contributed by atoms with E-state index < -0.39 is 0 Å². The zero-order valence-electron chi connectivity index (χ0n) is 17.3. The molecule has 1 aliphatic rings. The number of nitrogens with one attached hydrogen (secondary N) is 1. The Morgan fingerprint density at radius 3 is 2.46 bits per heavy atom. The van der Waals surface area contributed by atoms with E-state index in [0.29, 0.717) is 18.7 Å². The summed E-state index contributed by atoms with van der Waals surface area (Å²) in [5.74, 6) is 1.64. The first-order chi connectivity index (χ1) is 13.5. The highest BCUT2D eigenvalue weighted by molar-refractivity contribution is 5.94. The van der Waals surface area contributed by atoms with Crippen molar-refractivity contribution >= 4 is 5.91 Å². The van der Waals surface area contributed by atoms with Gasteiger partial charge in [-0.2, -0.15) is 0 Å². The first kappa shape index (κ1) is 20.4. The highest BCUT2D eigenvalue weighted by Crippen LogP contribution is 2.18. The number of ether oxygens (including phenoxy) is 1. The fraction of sp³-hybridized carbons (Fsp3) is 0.458. The fourth-order valence-electron chi connectivity index (χ4n) is 3.48. The van der Waals surface area contributed by atoms with Gasteiger partial charge in [0.05, 0.1) is 6.54 Å². The third-order valence-electron chi connectivity index (χ3n) is 5.63. The van der Waals surface area contributed by atoms with Crippen LogP contribution in [0.4, 0.5) is 0 Å². The summed E-state index contributed by atoms with van der Waals surface area (Å²) in [7, 11) is 0. The molecule has 0 aliphatic carbocycles. The number of hydrogen-bond acceptors (Lipinski definition) is 3. The maximum absolute atomic E-state index is 12.3. The van der Waals surface area contributed by atoms with Crippen LogP contribution in [0, 0.1) is 19.8 Å². The van der Waals surface area contributed by atoms with E-state index in [0.717, 1.165) is 18.2 Å². The van der Waals surface area contributed by atoms with Crippen molar-refractivity contribution in [3.8, 4) is 5.75 Å². The molecule has 2 aromatic rings. The number of carbonyl (C=O) groups excluding carboxylic acids is 1. The first-order valence-electron chi connectivity index (χ1n) is 10.3. The molecule has 0 saturated carbocycles. The van der Waals surface area contributed by atoms with Crippen LogP contribution in [0.3, 0.4) is 0 Å². The Labute approximate surface area is 168 Å². The molecule has 0 unspecified atom stereocenters. The van der Waals surface area contributed by atoms with Crippen molar-refractivity contribution in [1.82, 2.24) is 10.2 Å². The molecule has 0 atom stereocenters. The molecule has 1 heterocycles. The summed E-state index contributed by atoms with van der Waals surface area (Å²) in [4.78, 5) is 14.8. The molecule has 4 nitrogen and oxygen atoms in total. The lowest BCUT2D eigenvalue weighted by atomic mass is 9.99. The number of piperidine rings is 1. The van der Waals surface area contributed by atoms with Crippen LogP contribution in [0.15, 0.2) is 42.5 Å². The molecule has 3 rings (SSSR count). The topological polar surface area (TPSA) is 41.6 Å². The standard InChI is InChI=1S/C24H32N2O2/c1-18-10-13-26(14-11-18)17-21-5-7-22(8-6-21)24(27)25-12-15-28-23-9-4-19(2)20(3)16-23/h4-9,16,18H,10-15,17H2,1-3H3,(H,25,27). The van der Waals surface area contributed by atoms with Crippen molar-refractivity contribution in [3.63, 3.8) is 0 Å². The van der Waals surface area contributed by atoms with E-state index >= 15 is 0 Å². The van der Waals surface area contributed by atoms with Crippen LogP contribution in [0.1, 0.15) is 46.8 Å². The molecule has 2 aromatic carbocycles.